The molecule has 0 aromatic carbocycles. The number of nitrogens with zero attached hydrogens (tertiary/aromatic N) is 4. The summed E-state index contributed by atoms with van der Waals surface area (Å²) >= 11 is 1.49. The highest BCUT2D eigenvalue weighted by Gasteiger charge is 2.16. The van der Waals surface area contributed by atoms with E-state index in [0.717, 1.165) is 34.8 Å². The molecule has 3 aromatic heterocycles. The van der Waals surface area contributed by atoms with E-state index in [4.69, 9.17) is 0 Å². The number of thiophene rings is 1. The molecule has 5 nitrogen and oxygen atoms in total. The molecule has 0 atom stereocenters. The standard InChI is InChI=1S/C14H14N4OS/c19-11-4-7-17(10-5-8-20-14(10)11)9-13-16-15-12-3-1-2-6-18(12)13/h4-5,7-8H,1-3,6,9H2. The minimum atomic E-state index is 0.0922. The lowest BCUT2D eigenvalue weighted by atomic mass is 10.2. The van der Waals surface area contributed by atoms with Crippen molar-refractivity contribution >= 4 is 21.6 Å². The minimum absolute atomic E-state index is 0.0922. The molecule has 6 heteroatoms. The number of fused-ring (bicyclic) bond motifs is 2. The molecule has 3 aromatic rings. The zero-order valence-corrected chi connectivity index (χ0v) is 11.8. The van der Waals surface area contributed by atoms with E-state index in [0.29, 0.717) is 6.54 Å². The lowest BCUT2D eigenvalue weighted by molar-refractivity contribution is 0.503. The van der Waals surface area contributed by atoms with Crippen LogP contribution in [0.3, 0.4) is 0 Å². The first-order valence-corrected chi connectivity index (χ1v) is 7.68. The van der Waals surface area contributed by atoms with Crippen LogP contribution in [0, 0.1) is 0 Å². The second-order valence-corrected chi connectivity index (χ2v) is 6.00. The molecule has 20 heavy (non-hydrogen) atoms. The van der Waals surface area contributed by atoms with E-state index < -0.39 is 0 Å². The third kappa shape index (κ3) is 1.79. The van der Waals surface area contributed by atoms with Gasteiger partial charge in [-0.1, -0.05) is 0 Å². The Hall–Kier alpha value is -1.95. The highest BCUT2D eigenvalue weighted by atomic mass is 32.1. The smallest absolute Gasteiger partial charge is 0.199 e. The van der Waals surface area contributed by atoms with E-state index >= 15 is 0 Å². The molecule has 0 radical (unpaired) electrons. The number of aromatic nitrogens is 4. The Bertz CT molecular complexity index is 829. The number of pyridine rings is 1. The molecule has 4 rings (SSSR count). The van der Waals surface area contributed by atoms with Crippen molar-refractivity contribution in [2.75, 3.05) is 0 Å². The Labute approximate surface area is 119 Å². The molecule has 0 saturated carbocycles. The molecule has 0 saturated heterocycles. The van der Waals surface area contributed by atoms with Gasteiger partial charge in [0.2, 0.25) is 0 Å². The van der Waals surface area contributed by atoms with Crippen LogP contribution in [0.2, 0.25) is 0 Å². The van der Waals surface area contributed by atoms with Gasteiger partial charge in [-0.05, 0) is 24.3 Å². The van der Waals surface area contributed by atoms with Gasteiger partial charge in [-0.15, -0.1) is 21.5 Å². The normalized spacial score (nSPS) is 14.6. The van der Waals surface area contributed by atoms with Gasteiger partial charge in [0, 0.05) is 25.2 Å². The summed E-state index contributed by atoms with van der Waals surface area (Å²) < 4.78 is 5.12. The second-order valence-electron chi connectivity index (χ2n) is 5.08. The van der Waals surface area contributed by atoms with Crippen LogP contribution in [0.25, 0.3) is 10.2 Å². The number of rotatable bonds is 2. The predicted molar refractivity (Wildman–Crippen MR) is 78.1 cm³/mol. The van der Waals surface area contributed by atoms with Crippen molar-refractivity contribution in [3.63, 3.8) is 0 Å². The van der Waals surface area contributed by atoms with Gasteiger partial charge in [-0.25, -0.2) is 0 Å². The Kier molecular flexibility index (Phi) is 2.70. The van der Waals surface area contributed by atoms with Crippen molar-refractivity contribution in [1.29, 1.82) is 0 Å². The van der Waals surface area contributed by atoms with Gasteiger partial charge in [0.25, 0.3) is 0 Å². The van der Waals surface area contributed by atoms with Gasteiger partial charge in [0.15, 0.2) is 11.3 Å². The molecule has 0 fully saturated rings. The quantitative estimate of drug-likeness (QED) is 0.724. The second kappa shape index (κ2) is 4.56. The fraction of sp³-hybridized carbons (Fsp3) is 0.357. The monoisotopic (exact) mass is 286 g/mol. The van der Waals surface area contributed by atoms with E-state index in [2.05, 4.69) is 19.3 Å². The van der Waals surface area contributed by atoms with E-state index in [1.807, 2.05) is 17.6 Å². The van der Waals surface area contributed by atoms with Crippen LogP contribution in [0.4, 0.5) is 0 Å². The van der Waals surface area contributed by atoms with Gasteiger partial charge in [-0.3, -0.25) is 4.79 Å². The van der Waals surface area contributed by atoms with E-state index in [-0.39, 0.29) is 5.43 Å². The summed E-state index contributed by atoms with van der Waals surface area (Å²) in [6.07, 6.45) is 5.26. The SMILES string of the molecule is O=c1ccn(Cc2nnc3n2CCCC3)c2ccsc12. The molecule has 4 heterocycles. The molecule has 0 spiro atoms. The number of hydrogen-bond donors (Lipinski definition) is 0. The molecule has 0 amide bonds. The van der Waals surface area contributed by atoms with Crippen molar-refractivity contribution < 1.29 is 0 Å². The van der Waals surface area contributed by atoms with Crippen LogP contribution in [0.5, 0.6) is 0 Å². The van der Waals surface area contributed by atoms with Crippen molar-refractivity contribution in [3.8, 4) is 0 Å². The molecular weight excluding hydrogens is 272 g/mol. The van der Waals surface area contributed by atoms with Gasteiger partial charge in [0.05, 0.1) is 16.8 Å². The third-order valence-corrected chi connectivity index (χ3v) is 4.75. The minimum Gasteiger partial charge on any atom is -0.339 e. The highest BCUT2D eigenvalue weighted by molar-refractivity contribution is 7.17. The van der Waals surface area contributed by atoms with Crippen molar-refractivity contribution in [3.05, 3.63) is 45.6 Å². The number of aryl methyl sites for hydroxylation is 1. The first kappa shape index (κ1) is 11.8. The van der Waals surface area contributed by atoms with Gasteiger partial charge < -0.3 is 9.13 Å². The Morgan fingerprint density at radius 3 is 3.15 bits per heavy atom. The highest BCUT2D eigenvalue weighted by Crippen LogP contribution is 2.19. The Balaban J connectivity index is 1.78. The molecule has 1 aliphatic rings. The summed E-state index contributed by atoms with van der Waals surface area (Å²) in [6, 6.07) is 3.63. The fourth-order valence-electron chi connectivity index (χ4n) is 2.80. The molecular formula is C14H14N4OS. The van der Waals surface area contributed by atoms with E-state index in [1.165, 1.54) is 24.2 Å². The largest absolute Gasteiger partial charge is 0.339 e. The van der Waals surface area contributed by atoms with Gasteiger partial charge in [0.1, 0.15) is 5.82 Å². The summed E-state index contributed by atoms with van der Waals surface area (Å²) in [6.45, 7) is 1.67. The molecule has 0 aliphatic carbocycles. The Morgan fingerprint density at radius 2 is 2.20 bits per heavy atom. The maximum Gasteiger partial charge on any atom is 0.199 e. The van der Waals surface area contributed by atoms with E-state index in [9.17, 15) is 4.79 Å². The van der Waals surface area contributed by atoms with Crippen LogP contribution >= 0.6 is 11.3 Å². The average Bonchev–Trinajstić information content (AvgIpc) is 3.10. The van der Waals surface area contributed by atoms with Crippen molar-refractivity contribution in [2.45, 2.75) is 32.4 Å². The zero-order valence-electron chi connectivity index (χ0n) is 11.0. The summed E-state index contributed by atoms with van der Waals surface area (Å²) in [4.78, 5) is 11.8. The van der Waals surface area contributed by atoms with Crippen molar-refractivity contribution in [1.82, 2.24) is 19.3 Å². The first-order valence-electron chi connectivity index (χ1n) is 6.80. The Morgan fingerprint density at radius 1 is 1.25 bits per heavy atom. The summed E-state index contributed by atoms with van der Waals surface area (Å²) in [5.74, 6) is 2.07. The lowest BCUT2D eigenvalue weighted by Crippen LogP contribution is -2.16. The van der Waals surface area contributed by atoms with Gasteiger partial charge in [-0.2, -0.15) is 0 Å². The van der Waals surface area contributed by atoms with Crippen LogP contribution in [-0.2, 0) is 19.5 Å². The average molecular weight is 286 g/mol. The van der Waals surface area contributed by atoms with Crippen LogP contribution in [-0.4, -0.2) is 19.3 Å². The lowest BCUT2D eigenvalue weighted by Gasteiger charge is -2.15. The third-order valence-electron chi connectivity index (χ3n) is 3.83. The topological polar surface area (TPSA) is 52.7 Å². The molecule has 0 bridgehead atoms. The van der Waals surface area contributed by atoms with Crippen LogP contribution < -0.4 is 5.43 Å². The number of hydrogen-bond acceptors (Lipinski definition) is 4. The predicted octanol–water partition coefficient (Wildman–Crippen LogP) is 2.04. The summed E-state index contributed by atoms with van der Waals surface area (Å²) in [5.41, 5.74) is 1.07. The maximum atomic E-state index is 11.8. The molecule has 0 unspecified atom stereocenters. The first-order chi connectivity index (χ1) is 9.83. The summed E-state index contributed by atoms with van der Waals surface area (Å²) in [5, 5.41) is 10.6. The van der Waals surface area contributed by atoms with Crippen LogP contribution in [0.15, 0.2) is 28.5 Å². The van der Waals surface area contributed by atoms with Gasteiger partial charge >= 0.3 is 0 Å². The maximum absolute atomic E-state index is 11.8. The van der Waals surface area contributed by atoms with Crippen molar-refractivity contribution in [2.24, 2.45) is 0 Å². The fourth-order valence-corrected chi connectivity index (χ4v) is 3.63. The molecule has 1 aliphatic heterocycles. The summed E-state index contributed by atoms with van der Waals surface area (Å²) in [7, 11) is 0. The molecule has 102 valence electrons. The van der Waals surface area contributed by atoms with E-state index in [1.54, 1.807) is 6.07 Å². The van der Waals surface area contributed by atoms with Crippen LogP contribution in [0.1, 0.15) is 24.5 Å². The molecule has 0 N–H and O–H groups in total. The zero-order chi connectivity index (χ0) is 13.5.